The van der Waals surface area contributed by atoms with Crippen LogP contribution in [0.3, 0.4) is 0 Å². The maximum absolute atomic E-state index is 13.0. The second-order valence-corrected chi connectivity index (χ2v) is 10.5. The normalized spacial score (nSPS) is 42.4. The van der Waals surface area contributed by atoms with Crippen molar-refractivity contribution in [2.45, 2.75) is 56.6 Å². The van der Waals surface area contributed by atoms with Crippen LogP contribution in [-0.2, 0) is 4.74 Å². The highest BCUT2D eigenvalue weighted by atomic mass is 16.5. The van der Waals surface area contributed by atoms with E-state index in [9.17, 15) is 9.90 Å². The van der Waals surface area contributed by atoms with Crippen molar-refractivity contribution >= 4 is 5.91 Å². The molecule has 3 bridgehead atoms. The lowest BCUT2D eigenvalue weighted by Crippen LogP contribution is -2.62. The Labute approximate surface area is 172 Å². The molecule has 6 atom stereocenters. The van der Waals surface area contributed by atoms with E-state index in [1.807, 2.05) is 24.3 Å². The number of aliphatic hydroxyl groups is 1. The molecule has 29 heavy (non-hydrogen) atoms. The van der Waals surface area contributed by atoms with Gasteiger partial charge in [-0.15, -0.1) is 0 Å². The van der Waals surface area contributed by atoms with Crippen LogP contribution in [0.15, 0.2) is 24.3 Å². The minimum atomic E-state index is -0.459. The summed E-state index contributed by atoms with van der Waals surface area (Å²) in [7, 11) is 0. The molecule has 4 aliphatic carbocycles. The molecule has 1 amide bonds. The van der Waals surface area contributed by atoms with Gasteiger partial charge in [0, 0.05) is 24.8 Å². The van der Waals surface area contributed by atoms with Crippen LogP contribution in [0.25, 0.3) is 0 Å². The smallest absolute Gasteiger partial charge is 0.251 e. The Morgan fingerprint density at radius 2 is 2.07 bits per heavy atom. The lowest BCUT2D eigenvalue weighted by atomic mass is 9.52. The summed E-state index contributed by atoms with van der Waals surface area (Å²) in [5.74, 6) is 2.98. The predicted molar refractivity (Wildman–Crippen MR) is 108 cm³/mol. The van der Waals surface area contributed by atoms with E-state index in [2.05, 4.69) is 5.32 Å². The Kier molecular flexibility index (Phi) is 4.05. The monoisotopic (exact) mass is 397 g/mol. The second kappa shape index (κ2) is 6.45. The molecule has 1 aromatic carbocycles. The van der Waals surface area contributed by atoms with Gasteiger partial charge in [-0.2, -0.15) is 0 Å². The highest BCUT2D eigenvalue weighted by molar-refractivity contribution is 5.95. The molecule has 0 radical (unpaired) electrons. The summed E-state index contributed by atoms with van der Waals surface area (Å²) < 4.78 is 11.4. The lowest BCUT2D eigenvalue weighted by Gasteiger charge is -2.55. The van der Waals surface area contributed by atoms with Crippen molar-refractivity contribution in [3.05, 3.63) is 29.8 Å². The molecule has 156 valence electrons. The first-order valence-corrected chi connectivity index (χ1v) is 11.4. The van der Waals surface area contributed by atoms with Crippen molar-refractivity contribution in [3.8, 4) is 5.75 Å². The van der Waals surface area contributed by atoms with Gasteiger partial charge in [0.2, 0.25) is 0 Å². The molecular weight excluding hydrogens is 366 g/mol. The quantitative estimate of drug-likeness (QED) is 0.801. The van der Waals surface area contributed by atoms with Gasteiger partial charge in [0.05, 0.1) is 12.2 Å². The maximum Gasteiger partial charge on any atom is 0.251 e. The van der Waals surface area contributed by atoms with Crippen LogP contribution in [-0.4, -0.2) is 42.5 Å². The molecule has 5 fully saturated rings. The van der Waals surface area contributed by atoms with Gasteiger partial charge in [-0.25, -0.2) is 0 Å². The van der Waals surface area contributed by atoms with Gasteiger partial charge < -0.3 is 19.9 Å². The number of hydrogen-bond acceptors (Lipinski definition) is 4. The summed E-state index contributed by atoms with van der Waals surface area (Å²) in [5, 5.41) is 14.3. The summed E-state index contributed by atoms with van der Waals surface area (Å²) in [6.45, 7) is 2.32. The van der Waals surface area contributed by atoms with Crippen LogP contribution in [0, 0.1) is 29.1 Å². The lowest BCUT2D eigenvalue weighted by molar-refractivity contribution is -0.0494. The molecule has 1 aliphatic heterocycles. The van der Waals surface area contributed by atoms with Crippen molar-refractivity contribution in [3.63, 3.8) is 0 Å². The number of amides is 1. The summed E-state index contributed by atoms with van der Waals surface area (Å²) >= 11 is 0. The molecule has 6 unspecified atom stereocenters. The van der Waals surface area contributed by atoms with E-state index < -0.39 is 5.60 Å². The summed E-state index contributed by atoms with van der Waals surface area (Å²) in [5.41, 5.74) is 0.538. The molecule has 1 aromatic rings. The van der Waals surface area contributed by atoms with Crippen molar-refractivity contribution in [1.82, 2.24) is 5.32 Å². The molecule has 5 heteroatoms. The van der Waals surface area contributed by atoms with Crippen LogP contribution in [0.5, 0.6) is 5.75 Å². The Hall–Kier alpha value is -1.59. The first-order chi connectivity index (χ1) is 14.0. The fraction of sp³-hybridized carbons (Fsp3) is 0.708. The second-order valence-electron chi connectivity index (χ2n) is 10.5. The molecule has 6 rings (SSSR count). The average molecular weight is 398 g/mol. The van der Waals surface area contributed by atoms with Crippen LogP contribution < -0.4 is 10.1 Å². The van der Waals surface area contributed by atoms with Crippen molar-refractivity contribution in [2.75, 3.05) is 19.8 Å². The van der Waals surface area contributed by atoms with Gasteiger partial charge in [0.25, 0.3) is 5.91 Å². The third kappa shape index (κ3) is 2.84. The van der Waals surface area contributed by atoms with Gasteiger partial charge >= 0.3 is 0 Å². The van der Waals surface area contributed by atoms with Gasteiger partial charge in [-0.1, -0.05) is 6.07 Å². The van der Waals surface area contributed by atoms with Gasteiger partial charge in [-0.05, 0) is 92.2 Å². The van der Waals surface area contributed by atoms with Crippen LogP contribution in [0.1, 0.15) is 55.3 Å². The van der Waals surface area contributed by atoms with Crippen LogP contribution in [0.2, 0.25) is 0 Å². The van der Waals surface area contributed by atoms with Crippen molar-refractivity contribution in [2.24, 2.45) is 29.1 Å². The van der Waals surface area contributed by atoms with E-state index >= 15 is 0 Å². The maximum atomic E-state index is 13.0. The van der Waals surface area contributed by atoms with E-state index in [0.717, 1.165) is 51.1 Å². The third-order valence-electron chi connectivity index (χ3n) is 8.75. The number of carbonyl (C=O) groups is 1. The first-order valence-electron chi connectivity index (χ1n) is 11.4. The van der Waals surface area contributed by atoms with E-state index in [4.69, 9.17) is 9.47 Å². The van der Waals surface area contributed by atoms with Gasteiger partial charge in [0.1, 0.15) is 5.75 Å². The molecule has 1 spiro atoms. The van der Waals surface area contributed by atoms with Gasteiger partial charge in [-0.3, -0.25) is 4.79 Å². The van der Waals surface area contributed by atoms with Crippen molar-refractivity contribution in [1.29, 1.82) is 0 Å². The molecule has 4 saturated carbocycles. The molecule has 2 N–H and O–H groups in total. The summed E-state index contributed by atoms with van der Waals surface area (Å²) in [6.07, 6.45) is 7.35. The van der Waals surface area contributed by atoms with Gasteiger partial charge in [0.15, 0.2) is 0 Å². The Morgan fingerprint density at radius 3 is 2.93 bits per heavy atom. The number of ether oxygens (including phenoxy) is 2. The standard InChI is InChI=1S/C24H31NO4/c26-22(17-2-1-3-18(9-17)29-13-15-4-6-28-7-5-15)25-21-19-8-16-10-23(27)12-20(21)24(19,11-16)14-23/h1-3,9,15-16,19-21,27H,4-8,10-14H2,(H,25,26). The largest absolute Gasteiger partial charge is 0.493 e. The zero-order chi connectivity index (χ0) is 19.6. The highest BCUT2D eigenvalue weighted by Crippen LogP contribution is 2.76. The number of rotatable bonds is 5. The topological polar surface area (TPSA) is 67.8 Å². The molecule has 0 aromatic heterocycles. The molecular formula is C24H31NO4. The van der Waals surface area contributed by atoms with E-state index in [1.54, 1.807) is 0 Å². The first kappa shape index (κ1) is 18.2. The average Bonchev–Trinajstić information content (AvgIpc) is 3.08. The minimum Gasteiger partial charge on any atom is -0.493 e. The number of benzene rings is 1. The van der Waals surface area contributed by atoms with E-state index in [1.165, 1.54) is 12.8 Å². The number of nitrogens with one attached hydrogen (secondary N) is 1. The fourth-order valence-electron chi connectivity index (χ4n) is 7.71. The number of hydrogen-bond donors (Lipinski definition) is 2. The fourth-order valence-corrected chi connectivity index (χ4v) is 7.71. The zero-order valence-corrected chi connectivity index (χ0v) is 16.9. The van der Waals surface area contributed by atoms with E-state index in [-0.39, 0.29) is 11.9 Å². The van der Waals surface area contributed by atoms with Crippen molar-refractivity contribution < 1.29 is 19.4 Å². The highest BCUT2D eigenvalue weighted by Gasteiger charge is 2.75. The SMILES string of the molecule is O=C(NC1C2CC3CC4(O)CC1C2(C3)C4)c1cccc(OCC2CCOCC2)c1. The van der Waals surface area contributed by atoms with Crippen LogP contribution >= 0.6 is 0 Å². The summed E-state index contributed by atoms with van der Waals surface area (Å²) in [6, 6.07) is 7.81. The Balaban J connectivity index is 1.11. The Bertz CT molecular complexity index is 821. The molecule has 5 aliphatic rings. The molecule has 5 nitrogen and oxygen atoms in total. The number of carbonyl (C=O) groups excluding carboxylic acids is 1. The van der Waals surface area contributed by atoms with E-state index in [0.29, 0.717) is 41.3 Å². The van der Waals surface area contributed by atoms with Crippen LogP contribution in [0.4, 0.5) is 0 Å². The minimum absolute atomic E-state index is 0.000389. The predicted octanol–water partition coefficient (Wildman–Crippen LogP) is 3.16. The third-order valence-corrected chi connectivity index (χ3v) is 8.75. The summed E-state index contributed by atoms with van der Waals surface area (Å²) in [4.78, 5) is 13.0. The molecule has 1 saturated heterocycles. The number of fused-ring (bicyclic) bond motifs is 2. The molecule has 1 heterocycles. The zero-order valence-electron chi connectivity index (χ0n) is 16.9. The Morgan fingerprint density at radius 1 is 1.21 bits per heavy atom.